The first-order valence-electron chi connectivity index (χ1n) is 7.85. The highest BCUT2D eigenvalue weighted by Crippen LogP contribution is 2.32. The molecule has 1 aromatic carbocycles. The summed E-state index contributed by atoms with van der Waals surface area (Å²) in [6, 6.07) is 8.42. The number of rotatable bonds is 4. The fraction of sp³-hybridized carbons (Fsp3) is 0.353. The first-order chi connectivity index (χ1) is 11.9. The number of pyridine rings is 1. The van der Waals surface area contributed by atoms with E-state index in [1.165, 1.54) is 30.5 Å². The van der Waals surface area contributed by atoms with Crippen LogP contribution in [-0.4, -0.2) is 42.4 Å². The Balaban J connectivity index is 1.93. The van der Waals surface area contributed by atoms with E-state index in [-0.39, 0.29) is 5.75 Å². The smallest absolute Gasteiger partial charge is 0.406 e. The summed E-state index contributed by atoms with van der Waals surface area (Å²) in [4.78, 5) is 5.78. The van der Waals surface area contributed by atoms with Gasteiger partial charge in [-0.25, -0.2) is 4.98 Å². The lowest BCUT2D eigenvalue weighted by atomic mass is 9.97. The lowest BCUT2D eigenvalue weighted by Gasteiger charge is -2.35. The predicted octanol–water partition coefficient (Wildman–Crippen LogP) is 3.11. The van der Waals surface area contributed by atoms with Crippen molar-refractivity contribution < 1.29 is 22.3 Å². The minimum absolute atomic E-state index is 0.304. The van der Waals surface area contributed by atoms with Crippen LogP contribution < -0.4 is 10.1 Å². The Labute approximate surface area is 142 Å². The van der Waals surface area contributed by atoms with Crippen molar-refractivity contribution in [2.24, 2.45) is 0 Å². The van der Waals surface area contributed by atoms with Crippen LogP contribution in [0.2, 0.25) is 0 Å². The lowest BCUT2D eigenvalue weighted by molar-refractivity contribution is -0.274. The van der Waals surface area contributed by atoms with Crippen LogP contribution in [0.25, 0.3) is 0 Å². The second-order valence-corrected chi connectivity index (χ2v) is 5.69. The van der Waals surface area contributed by atoms with Crippen molar-refractivity contribution in [3.8, 4) is 5.75 Å². The molecule has 25 heavy (non-hydrogen) atoms. The van der Waals surface area contributed by atoms with E-state index in [0.29, 0.717) is 24.2 Å². The number of hydrogen-bond donors (Lipinski definition) is 1. The number of hydrogen-bond acceptors (Lipinski definition) is 4. The average Bonchev–Trinajstić information content (AvgIpc) is 2.58. The van der Waals surface area contributed by atoms with Crippen LogP contribution in [0, 0.1) is 5.95 Å². The monoisotopic (exact) mass is 355 g/mol. The first-order valence-corrected chi connectivity index (χ1v) is 7.85. The van der Waals surface area contributed by atoms with Gasteiger partial charge < -0.3 is 10.1 Å². The van der Waals surface area contributed by atoms with Crippen molar-refractivity contribution in [1.82, 2.24) is 15.2 Å². The number of aromatic nitrogens is 1. The van der Waals surface area contributed by atoms with Crippen LogP contribution in [0.15, 0.2) is 42.6 Å². The largest absolute Gasteiger partial charge is 0.573 e. The minimum Gasteiger partial charge on any atom is -0.406 e. The van der Waals surface area contributed by atoms with Crippen LogP contribution in [0.5, 0.6) is 5.75 Å². The Hall–Kier alpha value is -2.19. The standard InChI is InChI=1S/C17H17F4N3O/c18-16-14(2-1-7-23-16)15(24-10-8-22-9-11-24)12-3-5-13(6-4-12)25-17(19,20)21/h1-7,15,22H,8-11H2/t15-/m0/s1. The third-order valence-corrected chi connectivity index (χ3v) is 4.03. The van der Waals surface area contributed by atoms with Gasteiger partial charge in [0.25, 0.3) is 0 Å². The Kier molecular flexibility index (Phi) is 5.19. The van der Waals surface area contributed by atoms with Gasteiger partial charge in [0.2, 0.25) is 5.95 Å². The van der Waals surface area contributed by atoms with Gasteiger partial charge in [-0.15, -0.1) is 13.2 Å². The molecule has 1 aliphatic heterocycles. The number of benzene rings is 1. The molecule has 3 rings (SSSR count). The predicted molar refractivity (Wildman–Crippen MR) is 83.6 cm³/mol. The molecule has 4 nitrogen and oxygen atoms in total. The Morgan fingerprint density at radius 3 is 2.36 bits per heavy atom. The zero-order valence-electron chi connectivity index (χ0n) is 13.3. The molecule has 1 N–H and O–H groups in total. The maximum Gasteiger partial charge on any atom is 0.573 e. The summed E-state index contributed by atoms with van der Waals surface area (Å²) in [6.45, 7) is 2.90. The molecule has 0 spiro atoms. The number of nitrogens with one attached hydrogen (secondary N) is 1. The van der Waals surface area contributed by atoms with E-state index in [9.17, 15) is 17.6 Å². The van der Waals surface area contributed by atoms with Crippen LogP contribution in [0.4, 0.5) is 17.6 Å². The molecule has 0 radical (unpaired) electrons. The van der Waals surface area contributed by atoms with E-state index in [1.807, 2.05) is 0 Å². The van der Waals surface area contributed by atoms with E-state index in [2.05, 4.69) is 19.9 Å². The zero-order chi connectivity index (χ0) is 17.9. The van der Waals surface area contributed by atoms with Crippen LogP contribution in [0.3, 0.4) is 0 Å². The van der Waals surface area contributed by atoms with Gasteiger partial charge >= 0.3 is 6.36 Å². The topological polar surface area (TPSA) is 37.4 Å². The fourth-order valence-corrected chi connectivity index (χ4v) is 2.98. The molecule has 1 fully saturated rings. The molecule has 0 unspecified atom stereocenters. The summed E-state index contributed by atoms with van der Waals surface area (Å²) >= 11 is 0. The molecule has 0 amide bonds. The molecule has 8 heteroatoms. The highest BCUT2D eigenvalue weighted by molar-refractivity contribution is 5.35. The van der Waals surface area contributed by atoms with Gasteiger partial charge in [-0.3, -0.25) is 4.90 Å². The third kappa shape index (κ3) is 4.46. The zero-order valence-corrected chi connectivity index (χ0v) is 13.3. The first kappa shape index (κ1) is 17.6. The van der Waals surface area contributed by atoms with Crippen molar-refractivity contribution in [3.05, 3.63) is 59.7 Å². The van der Waals surface area contributed by atoms with Gasteiger partial charge in [0.15, 0.2) is 0 Å². The van der Waals surface area contributed by atoms with Crippen LogP contribution >= 0.6 is 0 Å². The number of alkyl halides is 3. The van der Waals surface area contributed by atoms with Crippen LogP contribution in [-0.2, 0) is 0 Å². The summed E-state index contributed by atoms with van der Waals surface area (Å²) in [5.41, 5.74) is 1.08. The molecule has 134 valence electrons. The van der Waals surface area contributed by atoms with Gasteiger partial charge in [-0.1, -0.05) is 18.2 Å². The molecule has 0 aliphatic carbocycles. The van der Waals surface area contributed by atoms with Gasteiger partial charge in [-0.2, -0.15) is 4.39 Å². The molecule has 0 saturated carbocycles. The third-order valence-electron chi connectivity index (χ3n) is 4.03. The Morgan fingerprint density at radius 2 is 1.76 bits per heavy atom. The van der Waals surface area contributed by atoms with E-state index >= 15 is 0 Å². The Bertz CT molecular complexity index is 700. The number of nitrogens with zero attached hydrogens (tertiary/aromatic N) is 2. The molecule has 1 saturated heterocycles. The Morgan fingerprint density at radius 1 is 1.08 bits per heavy atom. The van der Waals surface area contributed by atoms with Crippen molar-refractivity contribution >= 4 is 0 Å². The molecular weight excluding hydrogens is 338 g/mol. The number of ether oxygens (including phenoxy) is 1. The molecule has 0 bridgehead atoms. The van der Waals surface area contributed by atoms with Gasteiger partial charge in [0.05, 0.1) is 6.04 Å². The summed E-state index contributed by atoms with van der Waals surface area (Å²) in [6.07, 6.45) is -3.37. The average molecular weight is 355 g/mol. The minimum atomic E-state index is -4.74. The van der Waals surface area contributed by atoms with E-state index in [0.717, 1.165) is 13.1 Å². The highest BCUT2D eigenvalue weighted by atomic mass is 19.4. The normalized spacial score (nSPS) is 17.3. The summed E-state index contributed by atoms with van der Waals surface area (Å²) < 4.78 is 55.1. The molecule has 1 aliphatic rings. The van der Waals surface area contributed by atoms with Crippen molar-refractivity contribution in [3.63, 3.8) is 0 Å². The van der Waals surface area contributed by atoms with Gasteiger partial charge in [0, 0.05) is 37.9 Å². The SMILES string of the molecule is Fc1ncccc1[C@H](c1ccc(OC(F)(F)F)cc1)N1CCNCC1. The van der Waals surface area contributed by atoms with E-state index < -0.39 is 18.4 Å². The second-order valence-electron chi connectivity index (χ2n) is 5.69. The maximum absolute atomic E-state index is 14.3. The van der Waals surface area contributed by atoms with E-state index in [1.54, 1.807) is 12.1 Å². The maximum atomic E-state index is 14.3. The van der Waals surface area contributed by atoms with Crippen molar-refractivity contribution in [2.75, 3.05) is 26.2 Å². The highest BCUT2D eigenvalue weighted by Gasteiger charge is 2.31. The quantitative estimate of drug-likeness (QED) is 0.676. The van der Waals surface area contributed by atoms with Gasteiger partial charge in [0.1, 0.15) is 5.75 Å². The van der Waals surface area contributed by atoms with E-state index in [4.69, 9.17) is 0 Å². The van der Waals surface area contributed by atoms with Crippen LogP contribution in [0.1, 0.15) is 17.2 Å². The second kappa shape index (κ2) is 7.37. The summed E-state index contributed by atoms with van der Waals surface area (Å²) in [7, 11) is 0. The molecule has 2 heterocycles. The van der Waals surface area contributed by atoms with Gasteiger partial charge in [-0.05, 0) is 23.8 Å². The van der Waals surface area contributed by atoms with Crippen molar-refractivity contribution in [2.45, 2.75) is 12.4 Å². The number of piperazine rings is 1. The molecule has 1 aromatic heterocycles. The number of halogens is 4. The fourth-order valence-electron chi connectivity index (χ4n) is 2.98. The molecular formula is C17H17F4N3O. The summed E-state index contributed by atoms with van der Waals surface area (Å²) in [5.74, 6) is -0.886. The molecule has 2 aromatic rings. The lowest BCUT2D eigenvalue weighted by Crippen LogP contribution is -2.45. The summed E-state index contributed by atoms with van der Waals surface area (Å²) in [5, 5.41) is 3.23. The van der Waals surface area contributed by atoms with Crippen molar-refractivity contribution in [1.29, 1.82) is 0 Å². The molecule has 1 atom stereocenters.